The molecule has 1 aliphatic heterocycles. The van der Waals surface area contributed by atoms with Crippen molar-refractivity contribution in [3.05, 3.63) is 80.4 Å². The minimum Gasteiger partial charge on any atom is -0.497 e. The van der Waals surface area contributed by atoms with E-state index in [1.807, 2.05) is 28.9 Å². The van der Waals surface area contributed by atoms with Crippen molar-refractivity contribution in [3.63, 3.8) is 0 Å². The van der Waals surface area contributed by atoms with Crippen LogP contribution in [0, 0.1) is 10.1 Å². The fourth-order valence-electron chi connectivity index (χ4n) is 5.84. The van der Waals surface area contributed by atoms with Crippen LogP contribution in [-0.4, -0.2) is 68.3 Å². The molecule has 0 bridgehead atoms. The highest BCUT2D eigenvalue weighted by molar-refractivity contribution is 5.80. The molecular formula is C27H30N8O4. The molecule has 4 aromatic rings. The third kappa shape index (κ3) is 4.83. The van der Waals surface area contributed by atoms with Gasteiger partial charge in [-0.1, -0.05) is 12.8 Å². The molecule has 0 amide bonds. The van der Waals surface area contributed by atoms with Gasteiger partial charge in [0.05, 0.1) is 18.1 Å². The number of pyridine rings is 1. The van der Waals surface area contributed by atoms with Gasteiger partial charge >= 0.3 is 0 Å². The maximum Gasteiger partial charge on any atom is 0.269 e. The molecular weight excluding hydrogens is 500 g/mol. The third-order valence-electron chi connectivity index (χ3n) is 7.91. The van der Waals surface area contributed by atoms with E-state index >= 15 is 0 Å². The number of H-pyrrole nitrogens is 1. The molecule has 1 N–H and O–H groups in total. The number of nitro benzene ring substituents is 1. The number of non-ortho nitro benzene ring substituents is 1. The Kier molecular flexibility index (Phi) is 6.69. The average Bonchev–Trinajstić information content (AvgIpc) is 3.66. The van der Waals surface area contributed by atoms with Crippen LogP contribution in [0.4, 0.5) is 11.4 Å². The van der Waals surface area contributed by atoms with Gasteiger partial charge in [-0.3, -0.25) is 19.8 Å². The molecule has 12 nitrogen and oxygen atoms in total. The summed E-state index contributed by atoms with van der Waals surface area (Å²) in [5, 5.41) is 24.8. The molecule has 1 saturated carbocycles. The summed E-state index contributed by atoms with van der Waals surface area (Å²) in [4.78, 5) is 31.7. The first-order valence-corrected chi connectivity index (χ1v) is 13.2. The number of tetrazole rings is 1. The predicted molar refractivity (Wildman–Crippen MR) is 145 cm³/mol. The summed E-state index contributed by atoms with van der Waals surface area (Å²) in [5.41, 5.74) is 2.17. The minimum absolute atomic E-state index is 0.0726. The van der Waals surface area contributed by atoms with Gasteiger partial charge in [-0.25, -0.2) is 4.68 Å². The summed E-state index contributed by atoms with van der Waals surface area (Å²) in [6.07, 6.45) is 4.31. The Hall–Kier alpha value is -4.32. The first-order chi connectivity index (χ1) is 19.0. The standard InChI is InChI=1S/C27H30N8O4/c1-39-22-10-11-24-18(16-22)17-23(27(36)28-24)25(26-29-30-31-34(26)20-4-2-3-5-20)33-14-12-32(13-15-33)19-6-8-21(9-7-19)35(37)38/h6-11,16-17,20,25H,2-5,12-15H2,1H3,(H,28,36)/t25-/m0/s1. The number of piperazine rings is 1. The summed E-state index contributed by atoms with van der Waals surface area (Å²) < 4.78 is 7.35. The largest absolute Gasteiger partial charge is 0.497 e. The van der Waals surface area contributed by atoms with Gasteiger partial charge in [-0.05, 0) is 59.7 Å². The quantitative estimate of drug-likeness (QED) is 0.281. The number of aromatic amines is 1. The molecule has 0 unspecified atom stereocenters. The van der Waals surface area contributed by atoms with E-state index in [1.165, 1.54) is 12.1 Å². The molecule has 2 fully saturated rings. The summed E-state index contributed by atoms with van der Waals surface area (Å²) >= 11 is 0. The maximum atomic E-state index is 13.5. The molecule has 12 heteroatoms. The number of aromatic nitrogens is 5. The van der Waals surface area contributed by atoms with Crippen LogP contribution >= 0.6 is 0 Å². The van der Waals surface area contributed by atoms with Crippen LogP contribution in [-0.2, 0) is 0 Å². The fourth-order valence-corrected chi connectivity index (χ4v) is 5.84. The molecule has 1 atom stereocenters. The van der Waals surface area contributed by atoms with Gasteiger partial charge < -0.3 is 14.6 Å². The van der Waals surface area contributed by atoms with Gasteiger partial charge in [0.25, 0.3) is 11.2 Å². The highest BCUT2D eigenvalue weighted by Gasteiger charge is 2.35. The Balaban J connectivity index is 1.35. The molecule has 2 aromatic carbocycles. The molecule has 202 valence electrons. The number of fused-ring (bicyclic) bond motifs is 1. The van der Waals surface area contributed by atoms with Crippen LogP contribution in [0.15, 0.2) is 53.3 Å². The lowest BCUT2D eigenvalue weighted by Crippen LogP contribution is -2.49. The third-order valence-corrected chi connectivity index (χ3v) is 7.91. The molecule has 0 radical (unpaired) electrons. The number of nitro groups is 1. The van der Waals surface area contributed by atoms with Gasteiger partial charge in [0.1, 0.15) is 11.8 Å². The summed E-state index contributed by atoms with van der Waals surface area (Å²) in [7, 11) is 1.62. The van der Waals surface area contributed by atoms with Crippen LogP contribution in [0.2, 0.25) is 0 Å². The Morgan fingerprint density at radius 1 is 1.05 bits per heavy atom. The Labute approximate surface area is 224 Å². The number of ether oxygens (including phenoxy) is 1. The molecule has 2 aromatic heterocycles. The average molecular weight is 531 g/mol. The lowest BCUT2D eigenvalue weighted by Gasteiger charge is -2.39. The first-order valence-electron chi connectivity index (χ1n) is 13.2. The van der Waals surface area contributed by atoms with E-state index in [9.17, 15) is 14.9 Å². The molecule has 1 saturated heterocycles. The predicted octanol–water partition coefficient (Wildman–Crippen LogP) is 3.46. The summed E-state index contributed by atoms with van der Waals surface area (Å²) in [6, 6.07) is 13.9. The molecule has 1 aliphatic carbocycles. The fraction of sp³-hybridized carbons (Fsp3) is 0.407. The number of benzene rings is 2. The zero-order valence-electron chi connectivity index (χ0n) is 21.7. The van der Waals surface area contributed by atoms with Crippen molar-refractivity contribution < 1.29 is 9.66 Å². The van der Waals surface area contributed by atoms with E-state index in [2.05, 4.69) is 30.3 Å². The second-order valence-electron chi connectivity index (χ2n) is 10.1. The highest BCUT2D eigenvalue weighted by Crippen LogP contribution is 2.35. The summed E-state index contributed by atoms with van der Waals surface area (Å²) in [5.74, 6) is 1.39. The van der Waals surface area contributed by atoms with E-state index in [0.29, 0.717) is 43.3 Å². The number of nitrogens with zero attached hydrogens (tertiary/aromatic N) is 7. The van der Waals surface area contributed by atoms with Crippen LogP contribution in [0.1, 0.15) is 49.2 Å². The van der Waals surface area contributed by atoms with E-state index in [1.54, 1.807) is 19.2 Å². The van der Waals surface area contributed by atoms with E-state index in [-0.39, 0.29) is 17.3 Å². The van der Waals surface area contributed by atoms with Gasteiger partial charge in [0.2, 0.25) is 0 Å². The lowest BCUT2D eigenvalue weighted by molar-refractivity contribution is -0.384. The Morgan fingerprint density at radius 2 is 1.79 bits per heavy atom. The van der Waals surface area contributed by atoms with Crippen molar-refractivity contribution in [1.82, 2.24) is 30.1 Å². The molecule has 3 heterocycles. The van der Waals surface area contributed by atoms with Crippen molar-refractivity contribution in [2.75, 3.05) is 38.2 Å². The van der Waals surface area contributed by atoms with Crippen molar-refractivity contribution in [1.29, 1.82) is 0 Å². The molecule has 2 aliphatic rings. The number of hydrogen-bond donors (Lipinski definition) is 1. The normalized spacial score (nSPS) is 17.5. The Bertz CT molecular complexity index is 1540. The van der Waals surface area contributed by atoms with Crippen molar-refractivity contribution in [3.8, 4) is 5.75 Å². The van der Waals surface area contributed by atoms with Crippen LogP contribution in [0.3, 0.4) is 0 Å². The van der Waals surface area contributed by atoms with Gasteiger partial charge in [0, 0.05) is 60.5 Å². The van der Waals surface area contributed by atoms with Gasteiger partial charge in [0.15, 0.2) is 5.82 Å². The van der Waals surface area contributed by atoms with Crippen molar-refractivity contribution in [2.45, 2.75) is 37.8 Å². The van der Waals surface area contributed by atoms with E-state index in [4.69, 9.17) is 4.74 Å². The number of hydrogen-bond acceptors (Lipinski definition) is 9. The van der Waals surface area contributed by atoms with Gasteiger partial charge in [-0.15, -0.1) is 5.10 Å². The number of rotatable bonds is 7. The molecule has 0 spiro atoms. The highest BCUT2D eigenvalue weighted by atomic mass is 16.6. The van der Waals surface area contributed by atoms with Gasteiger partial charge in [-0.2, -0.15) is 0 Å². The lowest BCUT2D eigenvalue weighted by atomic mass is 10.0. The second kappa shape index (κ2) is 10.4. The molecule has 39 heavy (non-hydrogen) atoms. The van der Waals surface area contributed by atoms with Crippen LogP contribution < -0.4 is 15.2 Å². The number of methoxy groups -OCH3 is 1. The molecule has 6 rings (SSSR count). The number of anilines is 1. The zero-order chi connectivity index (χ0) is 26.9. The SMILES string of the molecule is COc1ccc2[nH]c(=O)c([C@@H](c3nnnn3C3CCCC3)N3CCN(c4ccc([N+](=O)[O-])cc4)CC3)cc2c1. The first kappa shape index (κ1) is 25.0. The minimum atomic E-state index is -0.432. The monoisotopic (exact) mass is 530 g/mol. The topological polar surface area (TPSA) is 135 Å². The van der Waals surface area contributed by atoms with Crippen LogP contribution in [0.5, 0.6) is 5.75 Å². The Morgan fingerprint density at radius 3 is 2.49 bits per heavy atom. The van der Waals surface area contributed by atoms with Crippen molar-refractivity contribution >= 4 is 22.3 Å². The summed E-state index contributed by atoms with van der Waals surface area (Å²) in [6.45, 7) is 2.71. The zero-order valence-corrected chi connectivity index (χ0v) is 21.7. The van der Waals surface area contributed by atoms with Crippen molar-refractivity contribution in [2.24, 2.45) is 0 Å². The number of nitrogens with one attached hydrogen (secondary N) is 1. The smallest absolute Gasteiger partial charge is 0.269 e. The van der Waals surface area contributed by atoms with Crippen LogP contribution in [0.25, 0.3) is 10.9 Å². The van der Waals surface area contributed by atoms with E-state index in [0.717, 1.165) is 42.3 Å². The maximum absolute atomic E-state index is 13.5. The van der Waals surface area contributed by atoms with E-state index < -0.39 is 11.0 Å². The second-order valence-corrected chi connectivity index (χ2v) is 10.1.